The number of aryl methyl sites for hydroxylation is 1. The summed E-state index contributed by atoms with van der Waals surface area (Å²) in [4.78, 5) is 15.6. The predicted octanol–water partition coefficient (Wildman–Crippen LogP) is 3.70. The van der Waals surface area contributed by atoms with E-state index in [0.29, 0.717) is 30.8 Å². The number of rotatable bonds is 7. The molecular formula is C26H35N3O3S. The Kier molecular flexibility index (Phi) is 7.83. The number of amides is 1. The van der Waals surface area contributed by atoms with E-state index in [9.17, 15) is 13.2 Å². The van der Waals surface area contributed by atoms with Gasteiger partial charge in [-0.25, -0.2) is 8.42 Å². The number of likely N-dealkylation sites (tertiary alicyclic amines) is 1. The molecule has 2 fully saturated rings. The van der Waals surface area contributed by atoms with Crippen LogP contribution >= 0.6 is 0 Å². The first kappa shape index (κ1) is 23.9. The third-order valence-corrected chi connectivity index (χ3v) is 8.64. The molecule has 2 saturated heterocycles. The second-order valence-electron chi connectivity index (χ2n) is 9.39. The molecule has 4 rings (SSSR count). The van der Waals surface area contributed by atoms with Gasteiger partial charge in [0.25, 0.3) is 0 Å². The molecule has 0 bridgehead atoms. The number of carbonyl (C=O) groups is 1. The van der Waals surface area contributed by atoms with Crippen LogP contribution in [0.5, 0.6) is 0 Å². The minimum atomic E-state index is -3.58. The highest BCUT2D eigenvalue weighted by atomic mass is 32.2. The van der Waals surface area contributed by atoms with Crippen LogP contribution < -0.4 is 5.32 Å². The fraction of sp³-hybridized carbons (Fsp3) is 0.500. The molecule has 2 aliphatic heterocycles. The molecule has 2 heterocycles. The van der Waals surface area contributed by atoms with Crippen LogP contribution in [0.2, 0.25) is 0 Å². The molecule has 1 atom stereocenters. The second-order valence-corrected chi connectivity index (χ2v) is 11.3. The van der Waals surface area contributed by atoms with Crippen molar-refractivity contribution < 1.29 is 13.2 Å². The number of benzene rings is 2. The highest BCUT2D eigenvalue weighted by Gasteiger charge is 2.33. The summed E-state index contributed by atoms with van der Waals surface area (Å²) in [6, 6.07) is 15.3. The van der Waals surface area contributed by atoms with Crippen molar-refractivity contribution in [3.05, 3.63) is 65.2 Å². The van der Waals surface area contributed by atoms with Crippen molar-refractivity contribution >= 4 is 15.9 Å². The number of hydrogen-bond donors (Lipinski definition) is 1. The third kappa shape index (κ3) is 6.22. The molecule has 0 spiro atoms. The zero-order valence-electron chi connectivity index (χ0n) is 19.5. The summed E-state index contributed by atoms with van der Waals surface area (Å²) >= 11 is 0. The SMILES string of the molecule is Cc1ccc(S(=O)(=O)N2CCC[C@H](C(=O)NCc3ccc(CN4CCCCC4)cc3)C2)cc1. The first-order valence-corrected chi connectivity index (χ1v) is 13.5. The van der Waals surface area contributed by atoms with Gasteiger partial charge in [0.2, 0.25) is 15.9 Å². The average molecular weight is 470 g/mol. The standard InChI is InChI=1S/C26H35N3O3S/c1-21-7-13-25(14-8-21)33(31,32)29-17-5-6-24(20-29)26(30)27-18-22-9-11-23(12-10-22)19-28-15-3-2-4-16-28/h7-14,24H,2-6,15-20H2,1H3,(H,27,30)/t24-/m0/s1. The highest BCUT2D eigenvalue weighted by molar-refractivity contribution is 7.89. The third-order valence-electron chi connectivity index (χ3n) is 6.76. The molecule has 2 aliphatic rings. The molecule has 2 aromatic rings. The van der Waals surface area contributed by atoms with Gasteiger partial charge >= 0.3 is 0 Å². The van der Waals surface area contributed by atoms with E-state index < -0.39 is 10.0 Å². The summed E-state index contributed by atoms with van der Waals surface area (Å²) in [5.41, 5.74) is 3.38. The second kappa shape index (κ2) is 10.8. The molecule has 7 heteroatoms. The van der Waals surface area contributed by atoms with Crippen molar-refractivity contribution in [2.24, 2.45) is 5.92 Å². The van der Waals surface area contributed by atoms with Crippen LogP contribution in [0.25, 0.3) is 0 Å². The summed E-state index contributed by atoms with van der Waals surface area (Å²) in [6.07, 6.45) is 5.31. The Morgan fingerprint density at radius 2 is 1.58 bits per heavy atom. The van der Waals surface area contributed by atoms with Gasteiger partial charge in [-0.2, -0.15) is 4.31 Å². The van der Waals surface area contributed by atoms with Gasteiger partial charge in [0.05, 0.1) is 10.8 Å². The monoisotopic (exact) mass is 469 g/mol. The smallest absolute Gasteiger partial charge is 0.243 e. The van der Waals surface area contributed by atoms with Gasteiger partial charge in [-0.3, -0.25) is 9.69 Å². The Hall–Kier alpha value is -2.22. The minimum absolute atomic E-state index is 0.0730. The summed E-state index contributed by atoms with van der Waals surface area (Å²) < 4.78 is 27.5. The van der Waals surface area contributed by atoms with E-state index in [2.05, 4.69) is 34.5 Å². The van der Waals surface area contributed by atoms with E-state index in [0.717, 1.165) is 17.7 Å². The molecule has 0 aromatic heterocycles. The lowest BCUT2D eigenvalue weighted by atomic mass is 9.98. The first-order valence-electron chi connectivity index (χ1n) is 12.1. The van der Waals surface area contributed by atoms with Crippen LogP contribution in [0.15, 0.2) is 53.4 Å². The van der Waals surface area contributed by atoms with Gasteiger partial charge < -0.3 is 5.32 Å². The number of nitrogens with one attached hydrogen (secondary N) is 1. The van der Waals surface area contributed by atoms with Crippen LogP contribution in [0, 0.1) is 12.8 Å². The maximum Gasteiger partial charge on any atom is 0.243 e. The first-order chi connectivity index (χ1) is 15.9. The lowest BCUT2D eigenvalue weighted by Crippen LogP contribution is -2.45. The Morgan fingerprint density at radius 1 is 0.909 bits per heavy atom. The van der Waals surface area contributed by atoms with Crippen molar-refractivity contribution in [3.63, 3.8) is 0 Å². The van der Waals surface area contributed by atoms with E-state index in [-0.39, 0.29) is 18.4 Å². The molecule has 0 saturated carbocycles. The zero-order valence-corrected chi connectivity index (χ0v) is 20.3. The fourth-order valence-electron chi connectivity index (χ4n) is 4.71. The summed E-state index contributed by atoms with van der Waals surface area (Å²) in [5, 5.41) is 3.02. The number of nitrogens with zero attached hydrogens (tertiary/aromatic N) is 2. The average Bonchev–Trinajstić information content (AvgIpc) is 2.84. The predicted molar refractivity (Wildman–Crippen MR) is 130 cm³/mol. The van der Waals surface area contributed by atoms with Gasteiger partial charge in [0, 0.05) is 26.2 Å². The molecule has 2 aromatic carbocycles. The molecule has 0 radical (unpaired) electrons. The van der Waals surface area contributed by atoms with Gasteiger partial charge in [0.15, 0.2) is 0 Å². The van der Waals surface area contributed by atoms with Crippen molar-refractivity contribution in [3.8, 4) is 0 Å². The molecular weight excluding hydrogens is 434 g/mol. The van der Waals surface area contributed by atoms with Crippen LogP contribution in [0.4, 0.5) is 0 Å². The number of piperidine rings is 2. The lowest BCUT2D eigenvalue weighted by Gasteiger charge is -2.31. The largest absolute Gasteiger partial charge is 0.352 e. The fourth-order valence-corrected chi connectivity index (χ4v) is 6.23. The van der Waals surface area contributed by atoms with Gasteiger partial charge in [-0.05, 0) is 69.0 Å². The van der Waals surface area contributed by atoms with Gasteiger partial charge in [-0.1, -0.05) is 48.4 Å². The van der Waals surface area contributed by atoms with Crippen LogP contribution in [-0.2, 0) is 27.9 Å². The Morgan fingerprint density at radius 3 is 2.27 bits per heavy atom. The number of sulfonamides is 1. The number of hydrogen-bond acceptors (Lipinski definition) is 4. The maximum absolute atomic E-state index is 13.0. The molecule has 0 aliphatic carbocycles. The number of carbonyl (C=O) groups excluding carboxylic acids is 1. The molecule has 178 valence electrons. The molecule has 6 nitrogen and oxygen atoms in total. The van der Waals surface area contributed by atoms with Gasteiger partial charge in [0.1, 0.15) is 0 Å². The van der Waals surface area contributed by atoms with Crippen LogP contribution in [-0.4, -0.2) is 49.7 Å². The van der Waals surface area contributed by atoms with Crippen molar-refractivity contribution in [1.29, 1.82) is 0 Å². The van der Waals surface area contributed by atoms with E-state index >= 15 is 0 Å². The van der Waals surface area contributed by atoms with E-state index in [1.807, 2.05) is 6.92 Å². The zero-order chi connectivity index (χ0) is 23.3. The van der Waals surface area contributed by atoms with E-state index in [1.54, 1.807) is 24.3 Å². The lowest BCUT2D eigenvalue weighted by molar-refractivity contribution is -0.126. The van der Waals surface area contributed by atoms with Crippen molar-refractivity contribution in [2.75, 3.05) is 26.2 Å². The Labute approximate surface area is 198 Å². The topological polar surface area (TPSA) is 69.7 Å². The Balaban J connectivity index is 1.29. The van der Waals surface area contributed by atoms with E-state index in [1.165, 1.54) is 42.2 Å². The van der Waals surface area contributed by atoms with Crippen molar-refractivity contribution in [2.45, 2.75) is 57.0 Å². The summed E-state index contributed by atoms with van der Waals surface area (Å²) in [5.74, 6) is -0.395. The highest BCUT2D eigenvalue weighted by Crippen LogP contribution is 2.24. The molecule has 0 unspecified atom stereocenters. The van der Waals surface area contributed by atoms with Crippen LogP contribution in [0.3, 0.4) is 0 Å². The maximum atomic E-state index is 13.0. The van der Waals surface area contributed by atoms with Gasteiger partial charge in [-0.15, -0.1) is 0 Å². The summed E-state index contributed by atoms with van der Waals surface area (Å²) in [7, 11) is -3.58. The van der Waals surface area contributed by atoms with Crippen molar-refractivity contribution in [1.82, 2.24) is 14.5 Å². The Bertz CT molecular complexity index is 1030. The molecule has 1 N–H and O–H groups in total. The quantitative estimate of drug-likeness (QED) is 0.671. The van der Waals surface area contributed by atoms with E-state index in [4.69, 9.17) is 0 Å². The molecule has 1 amide bonds. The normalized spacial score (nSPS) is 20.5. The molecule has 33 heavy (non-hydrogen) atoms. The van der Waals surface area contributed by atoms with Crippen LogP contribution in [0.1, 0.15) is 48.8 Å². The summed E-state index contributed by atoms with van der Waals surface area (Å²) in [6.45, 7) is 6.42. The minimum Gasteiger partial charge on any atom is -0.352 e.